The Morgan fingerprint density at radius 2 is 1.83 bits per heavy atom. The number of hydrogen-bond donors (Lipinski definition) is 2. The van der Waals surface area contributed by atoms with Crippen molar-refractivity contribution in [3.8, 4) is 0 Å². The van der Waals surface area contributed by atoms with Gasteiger partial charge in [-0.1, -0.05) is 41.4 Å². The molecule has 4 nitrogen and oxygen atoms in total. The average molecular weight is 350 g/mol. The molecule has 118 valence electrons. The quantitative estimate of drug-likeness (QED) is 0.783. The van der Waals surface area contributed by atoms with Gasteiger partial charge in [0.15, 0.2) is 0 Å². The molecular formula is C17H13Cl2NO3. The minimum Gasteiger partial charge on any atom is -0.478 e. The van der Waals surface area contributed by atoms with E-state index >= 15 is 0 Å². The van der Waals surface area contributed by atoms with Crippen molar-refractivity contribution in [2.24, 2.45) is 0 Å². The van der Waals surface area contributed by atoms with Gasteiger partial charge < -0.3 is 10.4 Å². The maximum atomic E-state index is 12.2. The van der Waals surface area contributed by atoms with Crippen molar-refractivity contribution in [2.45, 2.75) is 6.92 Å². The number of carboxylic acid groups (broad SMARTS) is 1. The third-order valence-corrected chi connectivity index (χ3v) is 3.67. The van der Waals surface area contributed by atoms with E-state index in [4.69, 9.17) is 23.2 Å². The molecule has 0 saturated heterocycles. The van der Waals surface area contributed by atoms with Gasteiger partial charge >= 0.3 is 5.97 Å². The average Bonchev–Trinajstić information content (AvgIpc) is 2.51. The van der Waals surface area contributed by atoms with Crippen LogP contribution in [0, 0.1) is 0 Å². The standard InChI is InChI=1S/C17H13Cl2NO3/c1-10(8-11-4-2-3-5-14(11)19)16(21)20-15-7-6-12(18)9-13(15)17(22)23/h2-9H,1H3,(H,20,21)(H,22,23). The highest BCUT2D eigenvalue weighted by Gasteiger charge is 2.14. The van der Waals surface area contributed by atoms with Crippen LogP contribution in [0.15, 0.2) is 48.0 Å². The van der Waals surface area contributed by atoms with Gasteiger partial charge in [0.25, 0.3) is 5.91 Å². The highest BCUT2D eigenvalue weighted by Crippen LogP contribution is 2.22. The van der Waals surface area contributed by atoms with E-state index in [1.165, 1.54) is 18.2 Å². The van der Waals surface area contributed by atoms with Gasteiger partial charge in [-0.25, -0.2) is 4.79 Å². The molecule has 0 spiro atoms. The largest absolute Gasteiger partial charge is 0.478 e. The van der Waals surface area contributed by atoms with Gasteiger partial charge in [0.2, 0.25) is 0 Å². The van der Waals surface area contributed by atoms with E-state index in [9.17, 15) is 14.7 Å². The zero-order valence-corrected chi connectivity index (χ0v) is 13.7. The van der Waals surface area contributed by atoms with Crippen LogP contribution >= 0.6 is 23.2 Å². The van der Waals surface area contributed by atoms with Gasteiger partial charge in [-0.15, -0.1) is 0 Å². The molecule has 0 radical (unpaired) electrons. The Hall–Kier alpha value is -2.30. The number of carboxylic acids is 1. The van der Waals surface area contributed by atoms with Crippen LogP contribution in [0.2, 0.25) is 10.0 Å². The molecule has 0 unspecified atom stereocenters. The zero-order valence-electron chi connectivity index (χ0n) is 12.1. The fourth-order valence-corrected chi connectivity index (χ4v) is 2.28. The minimum atomic E-state index is -1.17. The van der Waals surface area contributed by atoms with Crippen LogP contribution in [0.3, 0.4) is 0 Å². The van der Waals surface area contributed by atoms with Crippen LogP contribution in [0.5, 0.6) is 0 Å². The van der Waals surface area contributed by atoms with Gasteiger partial charge in [0.05, 0.1) is 11.3 Å². The molecule has 2 aromatic carbocycles. The van der Waals surface area contributed by atoms with Gasteiger partial charge in [-0.2, -0.15) is 0 Å². The maximum Gasteiger partial charge on any atom is 0.337 e. The lowest BCUT2D eigenvalue weighted by Crippen LogP contribution is -2.15. The number of aromatic carboxylic acids is 1. The highest BCUT2D eigenvalue weighted by molar-refractivity contribution is 6.32. The van der Waals surface area contributed by atoms with Crippen molar-refractivity contribution >= 4 is 46.8 Å². The van der Waals surface area contributed by atoms with Crippen LogP contribution in [-0.2, 0) is 4.79 Å². The molecule has 2 N–H and O–H groups in total. The molecule has 0 aliphatic rings. The first-order chi connectivity index (χ1) is 10.9. The molecule has 0 aliphatic carbocycles. The van der Waals surface area contributed by atoms with E-state index in [2.05, 4.69) is 5.32 Å². The van der Waals surface area contributed by atoms with Gasteiger partial charge in [0.1, 0.15) is 0 Å². The fourth-order valence-electron chi connectivity index (χ4n) is 1.91. The molecule has 1 amide bonds. The summed E-state index contributed by atoms with van der Waals surface area (Å²) >= 11 is 11.8. The Labute approximate surface area is 143 Å². The summed E-state index contributed by atoms with van der Waals surface area (Å²) in [6.45, 7) is 1.62. The van der Waals surface area contributed by atoms with E-state index in [0.29, 0.717) is 16.2 Å². The second-order valence-electron chi connectivity index (χ2n) is 4.80. The Morgan fingerprint density at radius 1 is 1.13 bits per heavy atom. The van der Waals surface area contributed by atoms with E-state index in [-0.39, 0.29) is 16.3 Å². The Kier molecular flexibility index (Phi) is 5.42. The topological polar surface area (TPSA) is 66.4 Å². The van der Waals surface area contributed by atoms with E-state index < -0.39 is 11.9 Å². The number of rotatable bonds is 4. The van der Waals surface area contributed by atoms with Crippen molar-refractivity contribution in [3.05, 3.63) is 69.2 Å². The first-order valence-corrected chi connectivity index (χ1v) is 7.41. The molecule has 0 heterocycles. The van der Waals surface area contributed by atoms with Crippen LogP contribution in [-0.4, -0.2) is 17.0 Å². The van der Waals surface area contributed by atoms with E-state index in [1.807, 2.05) is 6.07 Å². The van der Waals surface area contributed by atoms with Gasteiger partial charge in [-0.05, 0) is 42.8 Å². The summed E-state index contributed by atoms with van der Waals surface area (Å²) in [5.74, 6) is -1.59. The summed E-state index contributed by atoms with van der Waals surface area (Å²) in [5, 5.41) is 12.5. The molecule has 2 rings (SSSR count). The lowest BCUT2D eigenvalue weighted by molar-refractivity contribution is -0.112. The molecule has 2 aromatic rings. The van der Waals surface area contributed by atoms with Crippen LogP contribution in [0.1, 0.15) is 22.8 Å². The highest BCUT2D eigenvalue weighted by atomic mass is 35.5. The molecule has 6 heteroatoms. The number of halogens is 2. The summed E-state index contributed by atoms with van der Waals surface area (Å²) in [6, 6.07) is 11.4. The number of anilines is 1. The molecular weight excluding hydrogens is 337 g/mol. The monoisotopic (exact) mass is 349 g/mol. The Balaban J connectivity index is 2.26. The summed E-state index contributed by atoms with van der Waals surface area (Å²) in [4.78, 5) is 23.5. The molecule has 0 atom stereocenters. The van der Waals surface area contributed by atoms with Crippen molar-refractivity contribution in [1.29, 1.82) is 0 Å². The third-order valence-electron chi connectivity index (χ3n) is 3.10. The summed E-state index contributed by atoms with van der Waals surface area (Å²) < 4.78 is 0. The normalized spacial score (nSPS) is 11.2. The molecule has 0 bridgehead atoms. The second-order valence-corrected chi connectivity index (χ2v) is 5.64. The predicted molar refractivity (Wildman–Crippen MR) is 92.1 cm³/mol. The predicted octanol–water partition coefficient (Wildman–Crippen LogP) is 4.73. The van der Waals surface area contributed by atoms with E-state index in [1.54, 1.807) is 31.2 Å². The fraction of sp³-hybridized carbons (Fsp3) is 0.0588. The molecule has 0 aromatic heterocycles. The smallest absolute Gasteiger partial charge is 0.337 e. The summed E-state index contributed by atoms with van der Waals surface area (Å²) in [6.07, 6.45) is 1.63. The number of benzene rings is 2. The first-order valence-electron chi connectivity index (χ1n) is 6.65. The van der Waals surface area contributed by atoms with Crippen molar-refractivity contribution in [1.82, 2.24) is 0 Å². The first kappa shape index (κ1) is 17.1. The summed E-state index contributed by atoms with van der Waals surface area (Å²) in [5.41, 5.74) is 1.20. The number of carbonyl (C=O) groups is 2. The summed E-state index contributed by atoms with van der Waals surface area (Å²) in [7, 11) is 0. The molecule has 0 fully saturated rings. The van der Waals surface area contributed by atoms with Crippen LogP contribution in [0.25, 0.3) is 6.08 Å². The molecule has 0 aliphatic heterocycles. The zero-order chi connectivity index (χ0) is 17.0. The lowest BCUT2D eigenvalue weighted by atomic mass is 10.1. The van der Waals surface area contributed by atoms with E-state index in [0.717, 1.165) is 0 Å². The SMILES string of the molecule is CC(=Cc1ccccc1Cl)C(=O)Nc1ccc(Cl)cc1C(=O)O. The third kappa shape index (κ3) is 4.34. The Bertz CT molecular complexity index is 800. The van der Waals surface area contributed by atoms with Crippen molar-refractivity contribution < 1.29 is 14.7 Å². The van der Waals surface area contributed by atoms with Gasteiger partial charge in [0, 0.05) is 15.6 Å². The number of amides is 1. The Morgan fingerprint density at radius 3 is 2.48 bits per heavy atom. The minimum absolute atomic E-state index is 0.0728. The van der Waals surface area contributed by atoms with Crippen LogP contribution < -0.4 is 5.32 Å². The number of hydrogen-bond acceptors (Lipinski definition) is 2. The molecule has 0 saturated carbocycles. The number of carbonyl (C=O) groups excluding carboxylic acids is 1. The van der Waals surface area contributed by atoms with Gasteiger partial charge in [-0.3, -0.25) is 4.79 Å². The molecule has 23 heavy (non-hydrogen) atoms. The lowest BCUT2D eigenvalue weighted by Gasteiger charge is -2.09. The second kappa shape index (κ2) is 7.31. The van der Waals surface area contributed by atoms with Crippen LogP contribution in [0.4, 0.5) is 5.69 Å². The number of nitrogens with one attached hydrogen (secondary N) is 1. The van der Waals surface area contributed by atoms with Crippen molar-refractivity contribution in [2.75, 3.05) is 5.32 Å². The maximum absolute atomic E-state index is 12.2. The van der Waals surface area contributed by atoms with Crippen molar-refractivity contribution in [3.63, 3.8) is 0 Å².